The van der Waals surface area contributed by atoms with E-state index in [-0.39, 0.29) is 6.04 Å². The fraction of sp³-hybridized carbons (Fsp3) is 0.375. The molecule has 3 heteroatoms. The third kappa shape index (κ3) is 3.38. The topological polar surface area (TPSA) is 34.4 Å². The normalized spacial score (nSPS) is 12.4. The number of hydrogen-bond donors (Lipinski definition) is 1. The van der Waals surface area contributed by atoms with E-state index < -0.39 is 0 Å². The van der Waals surface area contributed by atoms with Gasteiger partial charge in [0, 0.05) is 0 Å². The van der Waals surface area contributed by atoms with Gasteiger partial charge in [-0.2, -0.15) is 0 Å². The van der Waals surface area contributed by atoms with Crippen LogP contribution < -0.4 is 10.1 Å². The number of hydrogen-bond acceptors (Lipinski definition) is 3. The molecule has 2 aromatic rings. The Hall–Kier alpha value is -1.74. The third-order valence-electron chi connectivity index (χ3n) is 2.98. The van der Waals surface area contributed by atoms with Gasteiger partial charge in [0.05, 0.1) is 12.6 Å². The van der Waals surface area contributed by atoms with Gasteiger partial charge in [-0.05, 0) is 50.2 Å². The predicted octanol–water partition coefficient (Wildman–Crippen LogP) is 3.69. The van der Waals surface area contributed by atoms with E-state index in [4.69, 9.17) is 9.15 Å². The lowest BCUT2D eigenvalue weighted by Gasteiger charge is -2.16. The van der Waals surface area contributed by atoms with Crippen LogP contribution in [-0.2, 0) is 0 Å². The van der Waals surface area contributed by atoms with Crippen LogP contribution in [0.4, 0.5) is 0 Å². The van der Waals surface area contributed by atoms with Crippen LogP contribution in [0.2, 0.25) is 0 Å². The molecule has 0 aliphatic rings. The molecule has 0 saturated heterocycles. The van der Waals surface area contributed by atoms with Gasteiger partial charge in [0.1, 0.15) is 17.3 Å². The van der Waals surface area contributed by atoms with Gasteiger partial charge in [0.15, 0.2) is 0 Å². The monoisotopic (exact) mass is 259 g/mol. The van der Waals surface area contributed by atoms with Crippen molar-refractivity contribution in [1.82, 2.24) is 5.32 Å². The van der Waals surface area contributed by atoms with Crippen LogP contribution >= 0.6 is 0 Å². The van der Waals surface area contributed by atoms with Crippen molar-refractivity contribution in [2.75, 3.05) is 13.2 Å². The molecule has 0 radical (unpaired) electrons. The first-order valence-corrected chi connectivity index (χ1v) is 6.77. The summed E-state index contributed by atoms with van der Waals surface area (Å²) >= 11 is 0. The van der Waals surface area contributed by atoms with Crippen LogP contribution in [0.5, 0.6) is 5.75 Å². The number of aryl methyl sites for hydroxylation is 1. The summed E-state index contributed by atoms with van der Waals surface area (Å²) in [5.41, 5.74) is 1.18. The number of rotatable bonds is 6. The maximum atomic E-state index is 5.74. The lowest BCUT2D eigenvalue weighted by Crippen LogP contribution is -2.21. The number of furan rings is 1. The molecule has 0 aliphatic heterocycles. The quantitative estimate of drug-likeness (QED) is 0.859. The molecule has 0 spiro atoms. The van der Waals surface area contributed by atoms with Gasteiger partial charge in [-0.15, -0.1) is 0 Å². The van der Waals surface area contributed by atoms with E-state index in [1.54, 1.807) is 0 Å². The smallest absolute Gasteiger partial charge is 0.125 e. The summed E-state index contributed by atoms with van der Waals surface area (Å²) in [6.45, 7) is 7.62. The van der Waals surface area contributed by atoms with Gasteiger partial charge in [-0.25, -0.2) is 0 Å². The molecule has 3 nitrogen and oxygen atoms in total. The van der Waals surface area contributed by atoms with Gasteiger partial charge >= 0.3 is 0 Å². The maximum Gasteiger partial charge on any atom is 0.125 e. The average molecular weight is 259 g/mol. The molecule has 1 N–H and O–H groups in total. The number of nitrogens with one attached hydrogen (secondary N) is 1. The van der Waals surface area contributed by atoms with E-state index in [0.29, 0.717) is 6.61 Å². The molecule has 1 heterocycles. The second kappa shape index (κ2) is 6.43. The van der Waals surface area contributed by atoms with Gasteiger partial charge in [0.2, 0.25) is 0 Å². The average Bonchev–Trinajstić information content (AvgIpc) is 2.84. The van der Waals surface area contributed by atoms with Crippen molar-refractivity contribution < 1.29 is 9.15 Å². The molecule has 0 amide bonds. The molecule has 0 saturated carbocycles. The van der Waals surface area contributed by atoms with Gasteiger partial charge in [-0.3, -0.25) is 0 Å². The highest BCUT2D eigenvalue weighted by Gasteiger charge is 2.16. The number of benzene rings is 1. The molecule has 0 bridgehead atoms. The van der Waals surface area contributed by atoms with Crippen LogP contribution in [0.3, 0.4) is 0 Å². The van der Waals surface area contributed by atoms with E-state index in [0.717, 1.165) is 23.8 Å². The summed E-state index contributed by atoms with van der Waals surface area (Å²) in [4.78, 5) is 0. The van der Waals surface area contributed by atoms with E-state index in [1.165, 1.54) is 5.56 Å². The minimum Gasteiger partial charge on any atom is -0.494 e. The van der Waals surface area contributed by atoms with Crippen LogP contribution in [0.25, 0.3) is 0 Å². The molecule has 1 aromatic heterocycles. The first kappa shape index (κ1) is 13.7. The summed E-state index contributed by atoms with van der Waals surface area (Å²) in [6.07, 6.45) is 0. The molecule has 0 aliphatic carbocycles. The Morgan fingerprint density at radius 2 is 1.84 bits per heavy atom. The van der Waals surface area contributed by atoms with Crippen molar-refractivity contribution in [2.45, 2.75) is 26.8 Å². The van der Waals surface area contributed by atoms with Crippen LogP contribution in [0.15, 0.2) is 40.8 Å². The Bertz CT molecular complexity index is 502. The van der Waals surface area contributed by atoms with Crippen molar-refractivity contribution >= 4 is 0 Å². The molecule has 19 heavy (non-hydrogen) atoms. The second-order valence-electron chi connectivity index (χ2n) is 4.44. The Balaban J connectivity index is 2.23. The maximum absolute atomic E-state index is 5.74. The van der Waals surface area contributed by atoms with Gasteiger partial charge in [-0.1, -0.05) is 19.1 Å². The van der Waals surface area contributed by atoms with Crippen molar-refractivity contribution in [3.63, 3.8) is 0 Å². The van der Waals surface area contributed by atoms with Crippen molar-refractivity contribution in [3.8, 4) is 5.75 Å². The first-order chi connectivity index (χ1) is 9.24. The highest BCUT2D eigenvalue weighted by molar-refractivity contribution is 5.33. The van der Waals surface area contributed by atoms with Crippen LogP contribution in [0.1, 0.15) is 37.0 Å². The first-order valence-electron chi connectivity index (χ1n) is 6.77. The molecule has 0 fully saturated rings. The summed E-state index contributed by atoms with van der Waals surface area (Å²) in [6, 6.07) is 12.3. The Labute approximate surface area is 114 Å². The molecule has 1 aromatic carbocycles. The Morgan fingerprint density at radius 3 is 2.37 bits per heavy atom. The zero-order valence-corrected chi connectivity index (χ0v) is 11.8. The zero-order chi connectivity index (χ0) is 13.7. The fourth-order valence-electron chi connectivity index (χ4n) is 2.12. The minimum absolute atomic E-state index is 0.0920. The highest BCUT2D eigenvalue weighted by Crippen LogP contribution is 2.25. The standard InChI is InChI=1S/C16H21NO2/c1-4-17-16(15-11-6-12(3)19-15)13-7-9-14(10-8-13)18-5-2/h6-11,16-17H,4-5H2,1-3H3. The van der Waals surface area contributed by atoms with Crippen molar-refractivity contribution in [2.24, 2.45) is 0 Å². The SMILES string of the molecule is CCNC(c1ccc(OCC)cc1)c1ccc(C)o1. The molecular formula is C16H21NO2. The summed E-state index contributed by atoms with van der Waals surface area (Å²) in [5, 5.41) is 3.45. The molecule has 1 unspecified atom stereocenters. The van der Waals surface area contributed by atoms with Crippen molar-refractivity contribution in [1.29, 1.82) is 0 Å². The predicted molar refractivity (Wildman–Crippen MR) is 76.6 cm³/mol. The van der Waals surface area contributed by atoms with E-state index in [1.807, 2.05) is 38.1 Å². The number of ether oxygens (including phenoxy) is 1. The minimum atomic E-state index is 0.0920. The van der Waals surface area contributed by atoms with Gasteiger partial charge < -0.3 is 14.5 Å². The highest BCUT2D eigenvalue weighted by atomic mass is 16.5. The van der Waals surface area contributed by atoms with E-state index >= 15 is 0 Å². The van der Waals surface area contributed by atoms with E-state index in [9.17, 15) is 0 Å². The summed E-state index contributed by atoms with van der Waals surface area (Å²) in [7, 11) is 0. The Morgan fingerprint density at radius 1 is 1.11 bits per heavy atom. The van der Waals surface area contributed by atoms with Crippen molar-refractivity contribution in [3.05, 3.63) is 53.5 Å². The van der Waals surface area contributed by atoms with Crippen LogP contribution in [0, 0.1) is 6.92 Å². The van der Waals surface area contributed by atoms with Gasteiger partial charge in [0.25, 0.3) is 0 Å². The van der Waals surface area contributed by atoms with E-state index in [2.05, 4.69) is 24.4 Å². The molecular weight excluding hydrogens is 238 g/mol. The largest absolute Gasteiger partial charge is 0.494 e. The molecule has 1 atom stereocenters. The Kier molecular flexibility index (Phi) is 4.63. The third-order valence-corrected chi connectivity index (χ3v) is 2.98. The lowest BCUT2D eigenvalue weighted by molar-refractivity contribution is 0.340. The lowest BCUT2D eigenvalue weighted by atomic mass is 10.0. The molecule has 102 valence electrons. The fourth-order valence-corrected chi connectivity index (χ4v) is 2.12. The summed E-state index contributed by atoms with van der Waals surface area (Å²) < 4.78 is 11.2. The zero-order valence-electron chi connectivity index (χ0n) is 11.8. The summed E-state index contributed by atoms with van der Waals surface area (Å²) in [5.74, 6) is 2.78. The second-order valence-corrected chi connectivity index (χ2v) is 4.44. The van der Waals surface area contributed by atoms with Crippen LogP contribution in [-0.4, -0.2) is 13.2 Å². The molecule has 2 rings (SSSR count).